The van der Waals surface area contributed by atoms with E-state index in [1.54, 1.807) is 5.01 Å². The smallest absolute Gasteiger partial charge is 0.227 e. The summed E-state index contributed by atoms with van der Waals surface area (Å²) in [5.41, 5.74) is 6.14. The number of halogens is 1. The van der Waals surface area contributed by atoms with Gasteiger partial charge in [-0.2, -0.15) is 5.53 Å². The largest absolute Gasteiger partial charge is 0.394 e. The second-order valence-corrected chi connectivity index (χ2v) is 10.4. The van der Waals surface area contributed by atoms with Gasteiger partial charge in [0.15, 0.2) is 6.23 Å². The SMILES string of the molecule is CN(C(=O)C1CCC(O)C(O)C1)[C@@H]1O[C@H](CO)[C@H](O)[C@H](N2CC(C3CCCC(F)C3)NN2)[C@H]1O. The molecule has 4 aliphatic rings. The van der Waals surface area contributed by atoms with Crippen molar-refractivity contribution in [3.63, 3.8) is 0 Å². The summed E-state index contributed by atoms with van der Waals surface area (Å²) in [6.07, 6.45) is -3.81. The molecule has 4 fully saturated rings. The molecular weight excluding hydrogens is 451 g/mol. The summed E-state index contributed by atoms with van der Waals surface area (Å²) in [4.78, 5) is 14.4. The van der Waals surface area contributed by atoms with E-state index >= 15 is 0 Å². The lowest BCUT2D eigenvalue weighted by atomic mass is 9.83. The average molecular weight is 491 g/mol. The van der Waals surface area contributed by atoms with Gasteiger partial charge in [0.25, 0.3) is 0 Å². The first-order valence-electron chi connectivity index (χ1n) is 12.4. The highest BCUT2D eigenvalue weighted by atomic mass is 19.1. The second kappa shape index (κ2) is 11.0. The number of nitrogens with zero attached hydrogens (tertiary/aromatic N) is 2. The predicted molar refractivity (Wildman–Crippen MR) is 117 cm³/mol. The zero-order valence-electron chi connectivity index (χ0n) is 19.5. The Hall–Kier alpha value is -0.960. The predicted octanol–water partition coefficient (Wildman–Crippen LogP) is -2.00. The average Bonchev–Trinajstić information content (AvgIpc) is 3.30. The zero-order valence-corrected chi connectivity index (χ0v) is 19.5. The number of amides is 1. The van der Waals surface area contributed by atoms with Crippen molar-refractivity contribution in [2.75, 3.05) is 20.2 Å². The van der Waals surface area contributed by atoms with Gasteiger partial charge in [0, 0.05) is 25.6 Å². The standard InChI is InChI=1S/C22H39FN4O7/c1-26(21(33)12-5-6-15(29)16(30)8-12)22-20(32)18(19(31)17(10-28)34-22)27-9-14(24-25-27)11-3-2-4-13(23)7-11/h11-20,22,24-25,28-32H,2-10H2,1H3/t11?,12?,13?,14?,15?,16?,17-,18+,19+,20-,22-/m1/s1. The van der Waals surface area contributed by atoms with Gasteiger partial charge < -0.3 is 35.2 Å². The fourth-order valence-electron chi connectivity index (χ4n) is 6.00. The molecule has 11 atom stereocenters. The van der Waals surface area contributed by atoms with Crippen molar-refractivity contribution in [3.8, 4) is 0 Å². The lowest BCUT2D eigenvalue weighted by Crippen LogP contribution is -2.69. The van der Waals surface area contributed by atoms with Gasteiger partial charge in [-0.15, -0.1) is 0 Å². The van der Waals surface area contributed by atoms with Crippen LogP contribution in [-0.2, 0) is 9.53 Å². The number of rotatable bonds is 5. The molecule has 12 heteroatoms. The number of nitrogens with one attached hydrogen (secondary N) is 2. The molecule has 7 N–H and O–H groups in total. The molecule has 0 aromatic carbocycles. The summed E-state index contributed by atoms with van der Waals surface area (Å²) in [7, 11) is 1.48. The molecule has 0 spiro atoms. The Labute approximate surface area is 198 Å². The fourth-order valence-corrected chi connectivity index (χ4v) is 6.00. The highest BCUT2D eigenvalue weighted by Crippen LogP contribution is 2.33. The van der Waals surface area contributed by atoms with Crippen LogP contribution in [0.2, 0.25) is 0 Å². The van der Waals surface area contributed by atoms with Gasteiger partial charge >= 0.3 is 0 Å². The van der Waals surface area contributed by atoms with E-state index in [4.69, 9.17) is 4.74 Å². The lowest BCUT2D eigenvalue weighted by molar-refractivity contribution is -0.251. The maximum absolute atomic E-state index is 13.9. The molecule has 0 aromatic rings. The molecule has 11 nitrogen and oxygen atoms in total. The van der Waals surface area contributed by atoms with E-state index < -0.39 is 61.5 Å². The third-order valence-corrected chi connectivity index (χ3v) is 8.09. The first-order valence-corrected chi connectivity index (χ1v) is 12.4. The maximum Gasteiger partial charge on any atom is 0.227 e. The number of hydrogen-bond donors (Lipinski definition) is 7. The minimum absolute atomic E-state index is 0.0682. The first-order chi connectivity index (χ1) is 16.2. The van der Waals surface area contributed by atoms with Crippen LogP contribution in [0.4, 0.5) is 4.39 Å². The van der Waals surface area contributed by atoms with Crippen molar-refractivity contribution >= 4 is 5.91 Å². The van der Waals surface area contributed by atoms with Crippen molar-refractivity contribution in [2.24, 2.45) is 11.8 Å². The molecule has 0 aromatic heterocycles. The summed E-state index contributed by atoms with van der Waals surface area (Å²) in [6, 6.07) is -0.964. The van der Waals surface area contributed by atoms with Crippen LogP contribution in [0.1, 0.15) is 44.9 Å². The highest BCUT2D eigenvalue weighted by Gasteiger charge is 2.51. The van der Waals surface area contributed by atoms with Crippen LogP contribution in [0.25, 0.3) is 0 Å². The number of hydrogen-bond acceptors (Lipinski definition) is 10. The molecule has 2 saturated carbocycles. The molecule has 4 rings (SSSR count). The summed E-state index contributed by atoms with van der Waals surface area (Å²) in [6.45, 7) is -0.0977. The van der Waals surface area contributed by atoms with E-state index in [2.05, 4.69) is 11.0 Å². The summed E-state index contributed by atoms with van der Waals surface area (Å²) < 4.78 is 19.7. The third kappa shape index (κ3) is 5.25. The lowest BCUT2D eigenvalue weighted by Gasteiger charge is -2.48. The Balaban J connectivity index is 1.45. The van der Waals surface area contributed by atoms with Crippen LogP contribution in [0.15, 0.2) is 0 Å². The van der Waals surface area contributed by atoms with E-state index in [0.29, 0.717) is 32.2 Å². The maximum atomic E-state index is 13.9. The van der Waals surface area contributed by atoms with Gasteiger partial charge in [-0.3, -0.25) is 4.79 Å². The van der Waals surface area contributed by atoms with Crippen molar-refractivity contribution in [2.45, 2.75) is 99.9 Å². The van der Waals surface area contributed by atoms with Crippen LogP contribution in [0, 0.1) is 11.8 Å². The van der Waals surface area contributed by atoms with Crippen LogP contribution in [0.3, 0.4) is 0 Å². The Morgan fingerprint density at radius 3 is 2.53 bits per heavy atom. The molecule has 1 amide bonds. The number of aliphatic hydroxyl groups is 5. The van der Waals surface area contributed by atoms with E-state index in [1.807, 2.05) is 0 Å². The fraction of sp³-hybridized carbons (Fsp3) is 0.955. The van der Waals surface area contributed by atoms with Crippen molar-refractivity contribution < 1.29 is 39.5 Å². The number of aliphatic hydroxyl groups excluding tert-OH is 5. The molecule has 196 valence electrons. The van der Waals surface area contributed by atoms with E-state index in [0.717, 1.165) is 12.8 Å². The Kier molecular flexibility index (Phi) is 8.43. The highest BCUT2D eigenvalue weighted by molar-refractivity contribution is 5.79. The number of carbonyl (C=O) groups excluding carboxylic acids is 1. The molecule has 6 unspecified atom stereocenters. The van der Waals surface area contributed by atoms with Crippen molar-refractivity contribution in [1.29, 1.82) is 0 Å². The minimum Gasteiger partial charge on any atom is -0.394 e. The quantitative estimate of drug-likeness (QED) is 0.230. The molecule has 2 aliphatic carbocycles. The Morgan fingerprint density at radius 2 is 1.85 bits per heavy atom. The monoisotopic (exact) mass is 490 g/mol. The van der Waals surface area contributed by atoms with Gasteiger partial charge in [-0.25, -0.2) is 14.8 Å². The van der Waals surface area contributed by atoms with Gasteiger partial charge in [0.1, 0.15) is 24.5 Å². The second-order valence-electron chi connectivity index (χ2n) is 10.4. The summed E-state index contributed by atoms with van der Waals surface area (Å²) in [5, 5.41) is 53.3. The van der Waals surface area contributed by atoms with Crippen LogP contribution < -0.4 is 11.0 Å². The zero-order chi connectivity index (χ0) is 24.6. The van der Waals surface area contributed by atoms with Gasteiger partial charge in [-0.1, -0.05) is 6.42 Å². The Morgan fingerprint density at radius 1 is 1.09 bits per heavy atom. The van der Waals surface area contributed by atoms with Gasteiger partial charge in [0.05, 0.1) is 24.9 Å². The number of likely N-dealkylation sites (N-methyl/N-ethyl adjacent to an activating group) is 1. The Bertz CT molecular complexity index is 708. The number of hydrazine groups is 2. The van der Waals surface area contributed by atoms with Crippen LogP contribution in [-0.4, -0.2) is 117 Å². The summed E-state index contributed by atoms with van der Waals surface area (Å²) in [5.74, 6) is -0.756. The van der Waals surface area contributed by atoms with E-state index in [-0.39, 0.29) is 24.3 Å². The number of ether oxygens (including phenoxy) is 1. The topological polar surface area (TPSA) is 158 Å². The van der Waals surface area contributed by atoms with E-state index in [9.17, 15) is 34.7 Å². The first kappa shape index (κ1) is 26.1. The third-order valence-electron chi connectivity index (χ3n) is 8.09. The van der Waals surface area contributed by atoms with Crippen LogP contribution >= 0.6 is 0 Å². The molecule has 2 saturated heterocycles. The molecule has 0 radical (unpaired) electrons. The molecule has 0 bridgehead atoms. The van der Waals surface area contributed by atoms with Crippen molar-refractivity contribution in [1.82, 2.24) is 20.9 Å². The van der Waals surface area contributed by atoms with Crippen molar-refractivity contribution in [3.05, 3.63) is 0 Å². The van der Waals surface area contributed by atoms with E-state index in [1.165, 1.54) is 11.9 Å². The van der Waals surface area contributed by atoms with Crippen LogP contribution in [0.5, 0.6) is 0 Å². The molecular formula is C22H39FN4O7. The minimum atomic E-state index is -1.31. The molecule has 2 heterocycles. The summed E-state index contributed by atoms with van der Waals surface area (Å²) >= 11 is 0. The van der Waals surface area contributed by atoms with Gasteiger partial charge in [0.2, 0.25) is 5.91 Å². The molecule has 34 heavy (non-hydrogen) atoms. The number of alkyl halides is 1. The number of carbonyl (C=O) groups is 1. The van der Waals surface area contributed by atoms with Gasteiger partial charge in [-0.05, 0) is 44.4 Å². The molecule has 2 aliphatic heterocycles. The normalized spacial score (nSPS) is 46.4.